The summed E-state index contributed by atoms with van der Waals surface area (Å²) in [4.78, 5) is 8.69. The fraction of sp³-hybridized carbons (Fsp3) is 0.706. The van der Waals surface area contributed by atoms with Crippen molar-refractivity contribution in [1.82, 2.24) is 15.5 Å². The van der Waals surface area contributed by atoms with Crippen LogP contribution in [0.1, 0.15) is 38.0 Å². The van der Waals surface area contributed by atoms with Crippen molar-refractivity contribution in [3.63, 3.8) is 0 Å². The smallest absolute Gasteiger partial charge is 0.191 e. The average Bonchev–Trinajstić information content (AvgIpc) is 3.20. The van der Waals surface area contributed by atoms with Gasteiger partial charge in [0.05, 0.1) is 6.54 Å². The Balaban J connectivity index is 1.80. The molecule has 1 aliphatic heterocycles. The molecule has 1 aromatic rings. The van der Waals surface area contributed by atoms with Crippen molar-refractivity contribution in [1.29, 1.82) is 0 Å². The summed E-state index contributed by atoms with van der Waals surface area (Å²) < 4.78 is 0. The second-order valence-electron chi connectivity index (χ2n) is 6.06. The van der Waals surface area contributed by atoms with Crippen LogP contribution in [-0.4, -0.2) is 50.1 Å². The van der Waals surface area contributed by atoms with Crippen molar-refractivity contribution in [2.45, 2.75) is 33.1 Å². The lowest BCUT2D eigenvalue weighted by atomic mass is 10.1. The molecule has 0 saturated carbocycles. The first-order valence-electron chi connectivity index (χ1n) is 8.50. The Morgan fingerprint density at radius 2 is 2.32 bits per heavy atom. The van der Waals surface area contributed by atoms with Crippen molar-refractivity contribution in [2.24, 2.45) is 10.9 Å². The van der Waals surface area contributed by atoms with Crippen LogP contribution in [0.2, 0.25) is 0 Å². The van der Waals surface area contributed by atoms with E-state index in [1.54, 1.807) is 0 Å². The number of hydrogen-bond acceptors (Lipinski definition) is 3. The van der Waals surface area contributed by atoms with Crippen LogP contribution in [0.4, 0.5) is 0 Å². The van der Waals surface area contributed by atoms with E-state index in [1.807, 2.05) is 11.3 Å². The molecular weight excluding hydrogens is 292 g/mol. The normalized spacial score (nSPS) is 21.0. The highest BCUT2D eigenvalue weighted by Gasteiger charge is 2.21. The first-order valence-corrected chi connectivity index (χ1v) is 9.38. The lowest BCUT2D eigenvalue weighted by Gasteiger charge is -2.16. The maximum atomic E-state index is 4.76. The molecule has 0 radical (unpaired) electrons. The molecule has 2 atom stereocenters. The summed E-state index contributed by atoms with van der Waals surface area (Å²) in [5.41, 5.74) is 0. The minimum atomic E-state index is 0.484. The first kappa shape index (κ1) is 17.3. The predicted molar refractivity (Wildman–Crippen MR) is 96.9 cm³/mol. The fourth-order valence-corrected chi connectivity index (χ4v) is 3.62. The molecule has 0 bridgehead atoms. The molecule has 2 N–H and O–H groups in total. The van der Waals surface area contributed by atoms with Gasteiger partial charge in [-0.25, -0.2) is 0 Å². The molecule has 1 saturated heterocycles. The fourth-order valence-electron chi connectivity index (χ4n) is 2.84. The second kappa shape index (κ2) is 9.16. The van der Waals surface area contributed by atoms with Gasteiger partial charge in [-0.2, -0.15) is 0 Å². The van der Waals surface area contributed by atoms with Gasteiger partial charge in [-0.15, -0.1) is 11.3 Å². The van der Waals surface area contributed by atoms with Crippen molar-refractivity contribution in [2.75, 3.05) is 39.3 Å². The SMILES string of the molecule is CCNC(=NCC(C)c1cccs1)NCC1CCN(CC)C1. The molecule has 0 spiro atoms. The number of aliphatic imine (C=N–C) groups is 1. The number of rotatable bonds is 7. The monoisotopic (exact) mass is 322 g/mol. The zero-order valence-corrected chi connectivity index (χ0v) is 15.0. The van der Waals surface area contributed by atoms with Crippen molar-refractivity contribution < 1.29 is 0 Å². The number of hydrogen-bond donors (Lipinski definition) is 2. The molecule has 1 aliphatic rings. The molecule has 0 aliphatic carbocycles. The molecule has 4 nitrogen and oxygen atoms in total. The lowest BCUT2D eigenvalue weighted by Crippen LogP contribution is -2.40. The third kappa shape index (κ3) is 5.29. The number of nitrogens with one attached hydrogen (secondary N) is 2. The molecular formula is C17H30N4S. The number of guanidine groups is 1. The van der Waals surface area contributed by atoms with E-state index in [9.17, 15) is 0 Å². The molecule has 2 heterocycles. The van der Waals surface area contributed by atoms with Crippen LogP contribution in [0.15, 0.2) is 22.5 Å². The highest BCUT2D eigenvalue weighted by molar-refractivity contribution is 7.10. The van der Waals surface area contributed by atoms with Gasteiger partial charge in [0, 0.05) is 30.4 Å². The van der Waals surface area contributed by atoms with E-state index in [0.717, 1.165) is 31.5 Å². The Morgan fingerprint density at radius 1 is 1.45 bits per heavy atom. The molecule has 0 aromatic carbocycles. The van der Waals surface area contributed by atoms with Crippen molar-refractivity contribution >= 4 is 17.3 Å². The molecule has 22 heavy (non-hydrogen) atoms. The predicted octanol–water partition coefficient (Wildman–Crippen LogP) is 2.75. The van der Waals surface area contributed by atoms with Crippen molar-refractivity contribution in [3.8, 4) is 0 Å². The zero-order chi connectivity index (χ0) is 15.8. The van der Waals surface area contributed by atoms with Gasteiger partial charge in [0.2, 0.25) is 0 Å². The van der Waals surface area contributed by atoms with Crippen LogP contribution < -0.4 is 10.6 Å². The van der Waals surface area contributed by atoms with Gasteiger partial charge in [-0.1, -0.05) is 19.9 Å². The van der Waals surface area contributed by atoms with Crippen molar-refractivity contribution in [3.05, 3.63) is 22.4 Å². The second-order valence-corrected chi connectivity index (χ2v) is 7.04. The highest BCUT2D eigenvalue weighted by Crippen LogP contribution is 2.20. The van der Waals surface area contributed by atoms with E-state index in [1.165, 1.54) is 30.9 Å². The number of likely N-dealkylation sites (tertiary alicyclic amines) is 1. The Kier molecular flexibility index (Phi) is 7.19. The van der Waals surface area contributed by atoms with Gasteiger partial charge in [0.25, 0.3) is 0 Å². The molecule has 1 aromatic heterocycles. The third-order valence-corrected chi connectivity index (χ3v) is 5.38. The number of nitrogens with zero attached hydrogens (tertiary/aromatic N) is 2. The summed E-state index contributed by atoms with van der Waals surface area (Å²) in [6, 6.07) is 4.31. The van der Waals surface area contributed by atoms with Crippen LogP contribution >= 0.6 is 11.3 Å². The Labute approximate surface area is 139 Å². The summed E-state index contributed by atoms with van der Waals surface area (Å²) >= 11 is 1.82. The van der Waals surface area contributed by atoms with E-state index in [2.05, 4.69) is 53.8 Å². The van der Waals surface area contributed by atoms with E-state index in [0.29, 0.717) is 5.92 Å². The summed E-state index contributed by atoms with van der Waals surface area (Å²) in [5, 5.41) is 9.02. The molecule has 2 unspecified atom stereocenters. The minimum absolute atomic E-state index is 0.484. The zero-order valence-electron chi connectivity index (χ0n) is 14.1. The maximum absolute atomic E-state index is 4.76. The first-order chi connectivity index (χ1) is 10.7. The largest absolute Gasteiger partial charge is 0.357 e. The van der Waals surface area contributed by atoms with E-state index < -0.39 is 0 Å². The third-order valence-electron chi connectivity index (χ3n) is 4.27. The molecule has 0 amide bonds. The maximum Gasteiger partial charge on any atom is 0.191 e. The lowest BCUT2D eigenvalue weighted by molar-refractivity contribution is 0.342. The Hall–Kier alpha value is -1.07. The Bertz CT molecular complexity index is 444. The minimum Gasteiger partial charge on any atom is -0.357 e. The molecule has 2 rings (SSSR count). The molecule has 124 valence electrons. The van der Waals surface area contributed by atoms with Gasteiger partial charge in [0.1, 0.15) is 0 Å². The van der Waals surface area contributed by atoms with Crippen LogP contribution in [0.5, 0.6) is 0 Å². The van der Waals surface area contributed by atoms with Gasteiger partial charge >= 0.3 is 0 Å². The van der Waals surface area contributed by atoms with E-state index >= 15 is 0 Å². The summed E-state index contributed by atoms with van der Waals surface area (Å²) in [7, 11) is 0. The molecule has 1 fully saturated rings. The van der Waals surface area contributed by atoms with E-state index in [-0.39, 0.29) is 0 Å². The average molecular weight is 323 g/mol. The van der Waals surface area contributed by atoms with Gasteiger partial charge < -0.3 is 15.5 Å². The summed E-state index contributed by atoms with van der Waals surface area (Å²) in [5.74, 6) is 2.19. The van der Waals surface area contributed by atoms with Gasteiger partial charge in [0.15, 0.2) is 5.96 Å². The van der Waals surface area contributed by atoms with Crippen LogP contribution in [0, 0.1) is 5.92 Å². The van der Waals surface area contributed by atoms with Gasteiger partial charge in [-0.05, 0) is 43.8 Å². The quantitative estimate of drug-likeness (QED) is 0.599. The van der Waals surface area contributed by atoms with Crippen LogP contribution in [0.3, 0.4) is 0 Å². The highest BCUT2D eigenvalue weighted by atomic mass is 32.1. The standard InChI is InChI=1S/C17H30N4S/c1-4-18-17(19-11-14(3)16-7-6-10-22-16)20-12-15-8-9-21(5-2)13-15/h6-7,10,14-15H,4-5,8-9,11-13H2,1-3H3,(H2,18,19,20). The number of thiophene rings is 1. The summed E-state index contributed by atoms with van der Waals surface area (Å²) in [6.07, 6.45) is 1.30. The van der Waals surface area contributed by atoms with E-state index in [4.69, 9.17) is 4.99 Å². The molecule has 5 heteroatoms. The van der Waals surface area contributed by atoms with Crippen LogP contribution in [-0.2, 0) is 0 Å². The van der Waals surface area contributed by atoms with Gasteiger partial charge in [-0.3, -0.25) is 4.99 Å². The topological polar surface area (TPSA) is 39.7 Å². The van der Waals surface area contributed by atoms with Crippen LogP contribution in [0.25, 0.3) is 0 Å². The summed E-state index contributed by atoms with van der Waals surface area (Å²) in [6.45, 7) is 13.0. The Morgan fingerprint density at radius 3 is 2.95 bits per heavy atom.